The SMILES string of the molecule is COc1ccc(C#CCN)cc1C=O. The molecule has 72 valence electrons. The van der Waals surface area contributed by atoms with Gasteiger partial charge in [-0.05, 0) is 18.2 Å². The molecule has 0 radical (unpaired) electrons. The number of aldehydes is 1. The van der Waals surface area contributed by atoms with Gasteiger partial charge in [0.15, 0.2) is 6.29 Å². The van der Waals surface area contributed by atoms with Crippen LogP contribution in [0.15, 0.2) is 18.2 Å². The van der Waals surface area contributed by atoms with Crippen LogP contribution in [0.5, 0.6) is 5.75 Å². The Morgan fingerprint density at radius 3 is 2.93 bits per heavy atom. The fraction of sp³-hybridized carbons (Fsp3) is 0.182. The number of methoxy groups -OCH3 is 1. The van der Waals surface area contributed by atoms with Gasteiger partial charge in [0.25, 0.3) is 0 Å². The number of ether oxygens (including phenoxy) is 1. The number of benzene rings is 1. The van der Waals surface area contributed by atoms with Crippen molar-refractivity contribution >= 4 is 6.29 Å². The van der Waals surface area contributed by atoms with Crippen molar-refractivity contribution in [2.75, 3.05) is 13.7 Å². The van der Waals surface area contributed by atoms with Gasteiger partial charge < -0.3 is 10.5 Å². The zero-order chi connectivity index (χ0) is 10.4. The number of hydrogen-bond donors (Lipinski definition) is 1. The van der Waals surface area contributed by atoms with E-state index >= 15 is 0 Å². The molecule has 1 rings (SSSR count). The van der Waals surface area contributed by atoms with Crippen molar-refractivity contribution in [1.82, 2.24) is 0 Å². The monoisotopic (exact) mass is 189 g/mol. The molecule has 2 N–H and O–H groups in total. The third-order valence-corrected chi connectivity index (χ3v) is 1.69. The fourth-order valence-electron chi connectivity index (χ4n) is 1.06. The van der Waals surface area contributed by atoms with Crippen LogP contribution in [0.4, 0.5) is 0 Å². The first-order valence-electron chi connectivity index (χ1n) is 4.14. The minimum atomic E-state index is 0.308. The van der Waals surface area contributed by atoms with Gasteiger partial charge in [0.2, 0.25) is 0 Å². The molecule has 0 aliphatic rings. The van der Waals surface area contributed by atoms with Crippen molar-refractivity contribution in [3.05, 3.63) is 29.3 Å². The molecule has 0 amide bonds. The summed E-state index contributed by atoms with van der Waals surface area (Å²) in [6, 6.07) is 5.17. The maximum absolute atomic E-state index is 10.7. The first-order chi connectivity index (χ1) is 6.81. The molecule has 0 aromatic heterocycles. The van der Waals surface area contributed by atoms with Gasteiger partial charge in [0.05, 0.1) is 19.2 Å². The summed E-state index contributed by atoms with van der Waals surface area (Å²) >= 11 is 0. The second-order valence-electron chi connectivity index (χ2n) is 2.58. The van der Waals surface area contributed by atoms with Crippen LogP contribution in [0.1, 0.15) is 15.9 Å². The minimum absolute atomic E-state index is 0.308. The zero-order valence-corrected chi connectivity index (χ0v) is 7.91. The minimum Gasteiger partial charge on any atom is -0.496 e. The number of carbonyl (C=O) groups is 1. The van der Waals surface area contributed by atoms with E-state index in [9.17, 15) is 4.79 Å². The Kier molecular flexibility index (Phi) is 3.71. The Morgan fingerprint density at radius 2 is 2.36 bits per heavy atom. The molecule has 14 heavy (non-hydrogen) atoms. The Bertz CT molecular complexity index is 388. The van der Waals surface area contributed by atoms with Crippen LogP contribution >= 0.6 is 0 Å². The van der Waals surface area contributed by atoms with Crippen LogP contribution in [0.3, 0.4) is 0 Å². The molecule has 0 atom stereocenters. The van der Waals surface area contributed by atoms with Crippen LogP contribution in [-0.4, -0.2) is 19.9 Å². The van der Waals surface area contributed by atoms with Crippen molar-refractivity contribution in [3.63, 3.8) is 0 Å². The van der Waals surface area contributed by atoms with Crippen LogP contribution < -0.4 is 10.5 Å². The smallest absolute Gasteiger partial charge is 0.153 e. The number of rotatable bonds is 2. The van der Waals surface area contributed by atoms with Crippen molar-refractivity contribution < 1.29 is 9.53 Å². The van der Waals surface area contributed by atoms with Crippen LogP contribution in [0.2, 0.25) is 0 Å². The van der Waals surface area contributed by atoms with E-state index < -0.39 is 0 Å². The van der Waals surface area contributed by atoms with Gasteiger partial charge in [-0.15, -0.1) is 0 Å². The van der Waals surface area contributed by atoms with Gasteiger partial charge in [0, 0.05) is 5.56 Å². The Morgan fingerprint density at radius 1 is 1.57 bits per heavy atom. The molecule has 0 saturated heterocycles. The lowest BCUT2D eigenvalue weighted by molar-refractivity contribution is 0.112. The first kappa shape index (κ1) is 10.3. The summed E-state index contributed by atoms with van der Waals surface area (Å²) in [7, 11) is 1.52. The number of hydrogen-bond acceptors (Lipinski definition) is 3. The lowest BCUT2D eigenvalue weighted by atomic mass is 10.1. The van der Waals surface area contributed by atoms with E-state index in [1.165, 1.54) is 7.11 Å². The van der Waals surface area contributed by atoms with Crippen LogP contribution in [-0.2, 0) is 0 Å². The van der Waals surface area contributed by atoms with E-state index in [-0.39, 0.29) is 0 Å². The molecule has 1 aromatic rings. The number of nitrogens with two attached hydrogens (primary N) is 1. The van der Waals surface area contributed by atoms with E-state index in [0.717, 1.165) is 11.8 Å². The molecule has 0 spiro atoms. The van der Waals surface area contributed by atoms with Crippen molar-refractivity contribution in [2.45, 2.75) is 0 Å². The highest BCUT2D eigenvalue weighted by Gasteiger charge is 2.01. The summed E-state index contributed by atoms with van der Waals surface area (Å²) in [4.78, 5) is 10.7. The van der Waals surface area contributed by atoms with E-state index in [2.05, 4.69) is 11.8 Å². The fourth-order valence-corrected chi connectivity index (χ4v) is 1.06. The molecule has 3 heteroatoms. The molecule has 0 bridgehead atoms. The number of carbonyl (C=O) groups excluding carboxylic acids is 1. The molecule has 0 saturated carbocycles. The van der Waals surface area contributed by atoms with Crippen LogP contribution in [0.25, 0.3) is 0 Å². The lowest BCUT2D eigenvalue weighted by Gasteiger charge is -2.02. The Hall–Kier alpha value is -1.79. The van der Waals surface area contributed by atoms with E-state index in [4.69, 9.17) is 10.5 Å². The third-order valence-electron chi connectivity index (χ3n) is 1.69. The van der Waals surface area contributed by atoms with Gasteiger partial charge in [-0.25, -0.2) is 0 Å². The molecule has 0 aliphatic heterocycles. The molecule has 0 heterocycles. The molecule has 3 nitrogen and oxygen atoms in total. The molecule has 0 fully saturated rings. The van der Waals surface area contributed by atoms with Gasteiger partial charge >= 0.3 is 0 Å². The highest BCUT2D eigenvalue weighted by Crippen LogP contribution is 2.17. The maximum Gasteiger partial charge on any atom is 0.153 e. The summed E-state index contributed by atoms with van der Waals surface area (Å²) in [5.74, 6) is 6.11. The third kappa shape index (κ3) is 2.35. The predicted molar refractivity (Wildman–Crippen MR) is 54.3 cm³/mol. The van der Waals surface area contributed by atoms with Gasteiger partial charge in [-0.3, -0.25) is 4.79 Å². The van der Waals surface area contributed by atoms with Crippen LogP contribution in [0, 0.1) is 11.8 Å². The zero-order valence-electron chi connectivity index (χ0n) is 7.91. The average molecular weight is 189 g/mol. The maximum atomic E-state index is 10.7. The molecule has 0 unspecified atom stereocenters. The molecule has 1 aromatic carbocycles. The van der Waals surface area contributed by atoms with Gasteiger partial charge in [-0.1, -0.05) is 11.8 Å². The molecular weight excluding hydrogens is 178 g/mol. The summed E-state index contributed by atoms with van der Waals surface area (Å²) in [6.07, 6.45) is 0.743. The topological polar surface area (TPSA) is 52.3 Å². The summed E-state index contributed by atoms with van der Waals surface area (Å²) < 4.78 is 4.99. The van der Waals surface area contributed by atoms with E-state index in [1.807, 2.05) is 0 Å². The summed E-state index contributed by atoms with van der Waals surface area (Å²) in [5.41, 5.74) is 6.49. The highest BCUT2D eigenvalue weighted by atomic mass is 16.5. The average Bonchev–Trinajstić information content (AvgIpc) is 2.25. The van der Waals surface area contributed by atoms with E-state index in [1.54, 1.807) is 18.2 Å². The van der Waals surface area contributed by atoms with E-state index in [0.29, 0.717) is 17.9 Å². The van der Waals surface area contributed by atoms with Gasteiger partial charge in [0.1, 0.15) is 5.75 Å². The van der Waals surface area contributed by atoms with Crippen molar-refractivity contribution in [3.8, 4) is 17.6 Å². The summed E-state index contributed by atoms with van der Waals surface area (Å²) in [6.45, 7) is 0.308. The lowest BCUT2D eigenvalue weighted by Crippen LogP contribution is -1.94. The quantitative estimate of drug-likeness (QED) is 0.553. The second-order valence-corrected chi connectivity index (χ2v) is 2.58. The first-order valence-corrected chi connectivity index (χ1v) is 4.14. The highest BCUT2D eigenvalue weighted by molar-refractivity contribution is 5.80. The van der Waals surface area contributed by atoms with Gasteiger partial charge in [-0.2, -0.15) is 0 Å². The molecule has 0 aliphatic carbocycles. The summed E-state index contributed by atoms with van der Waals surface area (Å²) in [5, 5.41) is 0. The Labute approximate surface area is 82.9 Å². The van der Waals surface area contributed by atoms with Crippen molar-refractivity contribution in [1.29, 1.82) is 0 Å². The normalized spacial score (nSPS) is 8.71. The Balaban J connectivity index is 3.07. The second kappa shape index (κ2) is 5.05. The van der Waals surface area contributed by atoms with Crippen molar-refractivity contribution in [2.24, 2.45) is 5.73 Å². The standard InChI is InChI=1S/C11H11NO2/c1-14-11-5-4-9(3-2-6-12)7-10(11)8-13/h4-5,7-8H,6,12H2,1H3. The largest absolute Gasteiger partial charge is 0.496 e. The predicted octanol–water partition coefficient (Wildman–Crippen LogP) is 0.818. The molecular formula is C11H11NO2.